The second-order valence-corrected chi connectivity index (χ2v) is 7.69. The quantitative estimate of drug-likeness (QED) is 0.330. The van der Waals surface area contributed by atoms with Crippen LogP contribution in [0.5, 0.6) is 0 Å². The van der Waals surface area contributed by atoms with Gasteiger partial charge in [-0.1, -0.05) is 30.3 Å². The summed E-state index contributed by atoms with van der Waals surface area (Å²) in [5.41, 5.74) is 7.55. The minimum atomic E-state index is 0.680. The summed E-state index contributed by atoms with van der Waals surface area (Å²) in [4.78, 5) is 4.59. The fraction of sp³-hybridized carbons (Fsp3) is 0.120. The molecule has 0 radical (unpaired) electrons. The van der Waals surface area contributed by atoms with Crippen LogP contribution in [-0.4, -0.2) is 4.98 Å². The number of aromatic nitrogens is 2. The van der Waals surface area contributed by atoms with Gasteiger partial charge >= 0.3 is 0 Å². The first-order chi connectivity index (χ1) is 14.1. The Morgan fingerprint density at radius 2 is 1.62 bits per heavy atom. The largest absolute Gasteiger partial charge is 0.456 e. The Labute approximate surface area is 167 Å². The lowest BCUT2D eigenvalue weighted by atomic mass is 10.0. The van der Waals surface area contributed by atoms with Gasteiger partial charge in [-0.2, -0.15) is 0 Å². The molecule has 0 unspecified atom stereocenters. The lowest BCUT2D eigenvalue weighted by molar-refractivity contribution is -0.659. The molecule has 0 bridgehead atoms. The molecule has 0 atom stereocenters. The van der Waals surface area contributed by atoms with Crippen molar-refractivity contribution in [3.63, 3.8) is 0 Å². The zero-order valence-electron chi connectivity index (χ0n) is 16.5. The Bertz CT molecular complexity index is 1590. The molecule has 2 aromatic carbocycles. The molecule has 0 N–H and O–H groups in total. The van der Waals surface area contributed by atoms with E-state index < -0.39 is 0 Å². The first-order valence-electron chi connectivity index (χ1n) is 9.71. The number of pyridine rings is 2. The van der Waals surface area contributed by atoms with Crippen LogP contribution in [0.3, 0.4) is 0 Å². The second kappa shape index (κ2) is 5.67. The number of aryl methyl sites for hydroxylation is 3. The molecular weight excluding hydrogens is 360 g/mol. The van der Waals surface area contributed by atoms with E-state index in [9.17, 15) is 0 Å². The molecule has 6 rings (SSSR count). The highest BCUT2D eigenvalue weighted by Gasteiger charge is 2.23. The van der Waals surface area contributed by atoms with Crippen LogP contribution >= 0.6 is 0 Å². The van der Waals surface area contributed by atoms with Gasteiger partial charge in [0.1, 0.15) is 18.2 Å². The Hall–Kier alpha value is -3.66. The third-order valence-electron chi connectivity index (χ3n) is 5.74. The van der Waals surface area contributed by atoms with Gasteiger partial charge in [0.15, 0.2) is 11.8 Å². The summed E-state index contributed by atoms with van der Waals surface area (Å²) in [7, 11) is 2.07. The van der Waals surface area contributed by atoms with E-state index in [0.29, 0.717) is 5.71 Å². The first kappa shape index (κ1) is 16.3. The van der Waals surface area contributed by atoms with Crippen molar-refractivity contribution in [1.29, 1.82) is 0 Å². The highest BCUT2D eigenvalue weighted by atomic mass is 16.3. The van der Waals surface area contributed by atoms with Gasteiger partial charge < -0.3 is 8.83 Å². The van der Waals surface area contributed by atoms with Crippen LogP contribution in [0.25, 0.3) is 55.3 Å². The van der Waals surface area contributed by atoms with Crippen LogP contribution in [0.2, 0.25) is 0 Å². The standard InChI is InChI=1S/C25H19N2O2/c1-14-8-10-17-18-11-9-15(2)26-25(18)29-24(17)23(14)20-12-22-19(13-27(20)3)16-6-4-5-7-21(16)28-22/h4-13H,1-3H3/q+1. The van der Waals surface area contributed by atoms with E-state index in [1.54, 1.807) is 0 Å². The fourth-order valence-electron chi connectivity index (χ4n) is 4.29. The van der Waals surface area contributed by atoms with Crippen LogP contribution < -0.4 is 4.57 Å². The van der Waals surface area contributed by atoms with Crippen molar-refractivity contribution in [2.45, 2.75) is 13.8 Å². The summed E-state index contributed by atoms with van der Waals surface area (Å²) in [6, 6.07) is 18.6. The van der Waals surface area contributed by atoms with Gasteiger partial charge in [0.05, 0.1) is 17.0 Å². The molecule has 0 saturated heterocycles. The van der Waals surface area contributed by atoms with E-state index in [0.717, 1.165) is 60.8 Å². The van der Waals surface area contributed by atoms with Gasteiger partial charge in [-0.15, -0.1) is 0 Å². The zero-order valence-corrected chi connectivity index (χ0v) is 16.5. The molecule has 4 heteroatoms. The van der Waals surface area contributed by atoms with Crippen molar-refractivity contribution >= 4 is 44.0 Å². The molecular formula is C25H19N2O2+. The summed E-state index contributed by atoms with van der Waals surface area (Å²) in [5.74, 6) is 0. The Morgan fingerprint density at radius 1 is 0.793 bits per heavy atom. The average molecular weight is 379 g/mol. The number of furan rings is 2. The van der Waals surface area contributed by atoms with Crippen molar-refractivity contribution in [3.8, 4) is 11.3 Å². The SMILES string of the molecule is Cc1ccc2c(n1)oc1c(-c3cc4oc5ccccc5c4c[n+]3C)c(C)ccc12. The van der Waals surface area contributed by atoms with Crippen LogP contribution in [0, 0.1) is 13.8 Å². The number of fused-ring (bicyclic) bond motifs is 6. The van der Waals surface area contributed by atoms with Gasteiger partial charge in [-0.3, -0.25) is 0 Å². The second-order valence-electron chi connectivity index (χ2n) is 7.69. The number of nitrogens with zero attached hydrogens (tertiary/aromatic N) is 2. The normalized spacial score (nSPS) is 12.0. The maximum atomic E-state index is 6.27. The highest BCUT2D eigenvalue weighted by Crippen LogP contribution is 2.38. The molecule has 4 nitrogen and oxygen atoms in total. The van der Waals surface area contributed by atoms with Gasteiger partial charge in [-0.05, 0) is 37.6 Å². The monoisotopic (exact) mass is 379 g/mol. The van der Waals surface area contributed by atoms with Crippen LogP contribution in [0.15, 0.2) is 69.6 Å². The van der Waals surface area contributed by atoms with Crippen molar-refractivity contribution in [3.05, 3.63) is 72.1 Å². The molecule has 0 aliphatic carbocycles. The summed E-state index contributed by atoms with van der Waals surface area (Å²) in [6.07, 6.45) is 2.14. The molecule has 140 valence electrons. The van der Waals surface area contributed by atoms with E-state index >= 15 is 0 Å². The average Bonchev–Trinajstić information content (AvgIpc) is 3.24. The Kier molecular flexibility index (Phi) is 3.19. The molecule has 0 fully saturated rings. The van der Waals surface area contributed by atoms with Gasteiger partial charge in [0.25, 0.3) is 0 Å². The van der Waals surface area contributed by atoms with E-state index in [-0.39, 0.29) is 0 Å². The summed E-state index contributed by atoms with van der Waals surface area (Å²) >= 11 is 0. The van der Waals surface area contributed by atoms with Crippen molar-refractivity contribution < 1.29 is 13.4 Å². The minimum absolute atomic E-state index is 0.680. The minimum Gasteiger partial charge on any atom is -0.456 e. The predicted molar refractivity (Wildman–Crippen MR) is 115 cm³/mol. The number of rotatable bonds is 1. The van der Waals surface area contributed by atoms with Crippen LogP contribution in [0.4, 0.5) is 0 Å². The zero-order chi connectivity index (χ0) is 19.7. The van der Waals surface area contributed by atoms with Crippen LogP contribution in [0.1, 0.15) is 11.3 Å². The van der Waals surface area contributed by atoms with Gasteiger partial charge in [0, 0.05) is 21.9 Å². The smallest absolute Gasteiger partial charge is 0.227 e. The summed E-state index contributed by atoms with van der Waals surface area (Å²) < 4.78 is 14.6. The number of hydrogen-bond donors (Lipinski definition) is 0. The maximum Gasteiger partial charge on any atom is 0.227 e. The Balaban J connectivity index is 1.71. The van der Waals surface area contributed by atoms with Gasteiger partial charge in [-0.25, -0.2) is 9.55 Å². The van der Waals surface area contributed by atoms with Crippen molar-refractivity contribution in [1.82, 2.24) is 4.98 Å². The van der Waals surface area contributed by atoms with E-state index in [1.807, 2.05) is 31.2 Å². The summed E-state index contributed by atoms with van der Waals surface area (Å²) in [5, 5.41) is 4.36. The highest BCUT2D eigenvalue weighted by molar-refractivity contribution is 6.10. The van der Waals surface area contributed by atoms with Crippen LogP contribution in [-0.2, 0) is 7.05 Å². The Morgan fingerprint density at radius 3 is 2.52 bits per heavy atom. The van der Waals surface area contributed by atoms with Crippen molar-refractivity contribution in [2.24, 2.45) is 7.05 Å². The molecule has 0 saturated carbocycles. The van der Waals surface area contributed by atoms with Crippen molar-refractivity contribution in [2.75, 3.05) is 0 Å². The van der Waals surface area contributed by atoms with E-state index in [4.69, 9.17) is 8.83 Å². The number of para-hydroxylation sites is 1. The molecule has 4 heterocycles. The number of benzene rings is 2. The third-order valence-corrected chi connectivity index (χ3v) is 5.74. The number of hydrogen-bond acceptors (Lipinski definition) is 3. The van der Waals surface area contributed by atoms with E-state index in [2.05, 4.69) is 60.1 Å². The fourth-order valence-corrected chi connectivity index (χ4v) is 4.29. The molecule has 0 aliphatic rings. The van der Waals surface area contributed by atoms with E-state index in [1.165, 1.54) is 0 Å². The molecule has 0 amide bonds. The maximum absolute atomic E-state index is 6.27. The lowest BCUT2D eigenvalue weighted by Crippen LogP contribution is -2.30. The molecule has 6 aromatic rings. The first-order valence-corrected chi connectivity index (χ1v) is 9.71. The van der Waals surface area contributed by atoms with Gasteiger partial charge in [0.2, 0.25) is 11.4 Å². The predicted octanol–water partition coefficient (Wildman–Crippen LogP) is 5.99. The molecule has 0 spiro atoms. The molecule has 29 heavy (non-hydrogen) atoms. The topological polar surface area (TPSA) is 43.1 Å². The summed E-state index contributed by atoms with van der Waals surface area (Å²) in [6.45, 7) is 4.10. The molecule has 4 aromatic heterocycles. The third kappa shape index (κ3) is 2.26. The lowest BCUT2D eigenvalue weighted by Gasteiger charge is -2.05. The molecule has 0 aliphatic heterocycles.